The van der Waals surface area contributed by atoms with Crippen LogP contribution in [0.5, 0.6) is 0 Å². The number of hydroxylamine groups is 1. The van der Waals surface area contributed by atoms with Crippen LogP contribution < -0.4 is 5.06 Å². The van der Waals surface area contributed by atoms with Crippen molar-refractivity contribution in [1.29, 1.82) is 0 Å². The Morgan fingerprint density at radius 1 is 1.18 bits per heavy atom. The van der Waals surface area contributed by atoms with Gasteiger partial charge in [0.2, 0.25) is 5.52 Å². The van der Waals surface area contributed by atoms with Gasteiger partial charge in [-0.15, -0.1) is 0 Å². The summed E-state index contributed by atoms with van der Waals surface area (Å²) in [5, 5.41) is 20.0. The molecular weight excluding hydrogens is 288 g/mol. The van der Waals surface area contributed by atoms with E-state index in [0.717, 1.165) is 5.56 Å². The predicted octanol–water partition coefficient (Wildman–Crippen LogP) is 2.70. The van der Waals surface area contributed by atoms with Crippen LogP contribution in [0.4, 0.5) is 11.4 Å². The molecule has 2 aromatic carbocycles. The second-order valence-electron chi connectivity index (χ2n) is 4.53. The Labute approximate surface area is 125 Å². The number of anilines is 1. The molecule has 0 aliphatic rings. The molecule has 0 saturated carbocycles. The zero-order valence-corrected chi connectivity index (χ0v) is 11.7. The fraction of sp³-hybridized carbons (Fsp3) is 0.143. The molecule has 0 aliphatic heterocycles. The lowest BCUT2D eigenvalue weighted by Crippen LogP contribution is -2.21. The van der Waals surface area contributed by atoms with Crippen LogP contribution in [0.15, 0.2) is 47.1 Å². The second-order valence-corrected chi connectivity index (χ2v) is 4.53. The Bertz CT molecular complexity index is 803. The number of fused-ring (bicyclic) bond motifs is 1. The number of rotatable bonds is 5. The average Bonchev–Trinajstić information content (AvgIpc) is 3.02. The molecule has 8 nitrogen and oxygen atoms in total. The molecule has 0 amide bonds. The lowest BCUT2D eigenvalue weighted by molar-refractivity contribution is -0.383. The monoisotopic (exact) mass is 300 g/mol. The zero-order chi connectivity index (χ0) is 15.5. The molecule has 3 rings (SSSR count). The number of hydrogen-bond acceptors (Lipinski definition) is 7. The smallest absolute Gasteiger partial charge is 0.276 e. The summed E-state index contributed by atoms with van der Waals surface area (Å²) < 4.78 is 4.65. The van der Waals surface area contributed by atoms with Crippen LogP contribution >= 0.6 is 0 Å². The number of aromatic nitrogens is 2. The second kappa shape index (κ2) is 5.78. The van der Waals surface area contributed by atoms with Crippen molar-refractivity contribution in [2.75, 3.05) is 12.2 Å². The predicted molar refractivity (Wildman–Crippen MR) is 78.1 cm³/mol. The molecule has 112 valence electrons. The van der Waals surface area contributed by atoms with E-state index in [9.17, 15) is 10.1 Å². The Kier molecular flexibility index (Phi) is 3.67. The lowest BCUT2D eigenvalue weighted by Gasteiger charge is -2.21. The minimum Gasteiger partial charge on any atom is -0.276 e. The molecule has 0 saturated heterocycles. The third kappa shape index (κ3) is 2.47. The Hall–Kier alpha value is -3.00. The first-order valence-corrected chi connectivity index (χ1v) is 6.46. The summed E-state index contributed by atoms with van der Waals surface area (Å²) in [5.41, 5.74) is 1.79. The minimum absolute atomic E-state index is 0.0950. The molecule has 0 spiro atoms. The molecule has 3 aromatic rings. The number of nitrogens with zero attached hydrogens (tertiary/aromatic N) is 4. The molecule has 1 aromatic heterocycles. The molecular formula is C14H12N4O4. The van der Waals surface area contributed by atoms with Crippen molar-refractivity contribution in [3.63, 3.8) is 0 Å². The molecule has 0 N–H and O–H groups in total. The van der Waals surface area contributed by atoms with Crippen LogP contribution in [-0.2, 0) is 11.4 Å². The Morgan fingerprint density at radius 3 is 2.59 bits per heavy atom. The maximum atomic E-state index is 11.0. The fourth-order valence-electron chi connectivity index (χ4n) is 2.19. The van der Waals surface area contributed by atoms with Gasteiger partial charge in [0.15, 0.2) is 5.52 Å². The van der Waals surface area contributed by atoms with E-state index in [0.29, 0.717) is 12.2 Å². The van der Waals surface area contributed by atoms with Gasteiger partial charge in [-0.2, -0.15) is 0 Å². The largest absolute Gasteiger partial charge is 0.300 e. The van der Waals surface area contributed by atoms with Gasteiger partial charge in [0.25, 0.3) is 0 Å². The van der Waals surface area contributed by atoms with Gasteiger partial charge in [0.05, 0.1) is 24.3 Å². The summed E-state index contributed by atoms with van der Waals surface area (Å²) in [5.74, 6) is 0. The molecule has 0 fully saturated rings. The van der Waals surface area contributed by atoms with E-state index in [1.807, 2.05) is 30.3 Å². The number of non-ortho nitro benzene ring substituents is 1. The minimum atomic E-state index is -0.523. The number of nitro groups is 1. The van der Waals surface area contributed by atoms with Crippen molar-refractivity contribution in [2.24, 2.45) is 0 Å². The highest BCUT2D eigenvalue weighted by molar-refractivity contribution is 5.93. The zero-order valence-electron chi connectivity index (χ0n) is 11.7. The van der Waals surface area contributed by atoms with Gasteiger partial charge in [0.1, 0.15) is 0 Å². The first-order valence-electron chi connectivity index (χ1n) is 6.46. The number of benzene rings is 2. The molecule has 1 heterocycles. The van der Waals surface area contributed by atoms with Gasteiger partial charge in [-0.1, -0.05) is 30.3 Å². The molecule has 0 radical (unpaired) electrons. The summed E-state index contributed by atoms with van der Waals surface area (Å²) >= 11 is 0. The van der Waals surface area contributed by atoms with E-state index in [-0.39, 0.29) is 16.7 Å². The molecule has 0 bridgehead atoms. The van der Waals surface area contributed by atoms with Crippen LogP contribution in [-0.4, -0.2) is 22.3 Å². The average molecular weight is 300 g/mol. The molecule has 0 unspecified atom stereocenters. The van der Waals surface area contributed by atoms with Crippen LogP contribution in [0.25, 0.3) is 11.0 Å². The molecule has 22 heavy (non-hydrogen) atoms. The van der Waals surface area contributed by atoms with Crippen molar-refractivity contribution < 1.29 is 14.4 Å². The summed E-state index contributed by atoms with van der Waals surface area (Å²) in [6.45, 7) is 0.455. The fourth-order valence-corrected chi connectivity index (χ4v) is 2.19. The third-order valence-corrected chi connectivity index (χ3v) is 3.23. The maximum Gasteiger partial charge on any atom is 0.300 e. The quantitative estimate of drug-likeness (QED) is 0.528. The first-order chi connectivity index (χ1) is 10.7. The number of nitro benzene ring substituents is 1. The lowest BCUT2D eigenvalue weighted by atomic mass is 10.2. The highest BCUT2D eigenvalue weighted by Crippen LogP contribution is 2.31. The van der Waals surface area contributed by atoms with Gasteiger partial charge >= 0.3 is 5.69 Å². The SMILES string of the molecule is CON(Cc1ccccc1)c1ccc([N+](=O)[O-])c2nonc12. The van der Waals surface area contributed by atoms with Crippen LogP contribution in [0.1, 0.15) is 5.56 Å². The van der Waals surface area contributed by atoms with Gasteiger partial charge < -0.3 is 0 Å². The summed E-state index contributed by atoms with van der Waals surface area (Å²) in [4.78, 5) is 15.9. The van der Waals surface area contributed by atoms with Crippen molar-refractivity contribution >= 4 is 22.4 Å². The van der Waals surface area contributed by atoms with Crippen molar-refractivity contribution in [1.82, 2.24) is 10.3 Å². The van der Waals surface area contributed by atoms with E-state index >= 15 is 0 Å². The van der Waals surface area contributed by atoms with Gasteiger partial charge in [0, 0.05) is 6.07 Å². The Balaban J connectivity index is 2.03. The third-order valence-electron chi connectivity index (χ3n) is 3.23. The van der Waals surface area contributed by atoms with Gasteiger partial charge in [-0.05, 0) is 21.9 Å². The maximum absolute atomic E-state index is 11.0. The van der Waals surface area contributed by atoms with Gasteiger partial charge in [-0.25, -0.2) is 9.69 Å². The van der Waals surface area contributed by atoms with Crippen molar-refractivity contribution in [3.05, 3.63) is 58.1 Å². The summed E-state index contributed by atoms with van der Waals surface area (Å²) in [7, 11) is 1.52. The molecule has 0 atom stereocenters. The van der Waals surface area contributed by atoms with E-state index in [1.165, 1.54) is 13.2 Å². The van der Waals surface area contributed by atoms with Gasteiger partial charge in [-0.3, -0.25) is 15.0 Å². The first kappa shape index (κ1) is 14.0. The summed E-state index contributed by atoms with van der Waals surface area (Å²) in [6, 6.07) is 12.6. The van der Waals surface area contributed by atoms with E-state index in [1.54, 1.807) is 11.1 Å². The highest BCUT2D eigenvalue weighted by Gasteiger charge is 2.22. The topological polar surface area (TPSA) is 94.5 Å². The van der Waals surface area contributed by atoms with E-state index in [4.69, 9.17) is 4.84 Å². The van der Waals surface area contributed by atoms with Crippen molar-refractivity contribution in [2.45, 2.75) is 6.54 Å². The molecule has 0 aliphatic carbocycles. The van der Waals surface area contributed by atoms with E-state index < -0.39 is 4.92 Å². The molecule has 8 heteroatoms. The Morgan fingerprint density at radius 2 is 1.91 bits per heavy atom. The standard InChI is InChI=1S/C14H12N4O4/c1-21-17(9-10-5-3-2-4-6-10)11-7-8-12(18(19)20)14-13(11)15-22-16-14/h2-8H,9H2,1H3. The normalized spacial score (nSPS) is 10.8. The van der Waals surface area contributed by atoms with Crippen LogP contribution in [0, 0.1) is 10.1 Å². The number of hydrogen-bond donors (Lipinski definition) is 0. The van der Waals surface area contributed by atoms with Crippen LogP contribution in [0.2, 0.25) is 0 Å². The van der Waals surface area contributed by atoms with Crippen LogP contribution in [0.3, 0.4) is 0 Å². The van der Waals surface area contributed by atoms with Crippen molar-refractivity contribution in [3.8, 4) is 0 Å². The highest BCUT2D eigenvalue weighted by atomic mass is 16.7. The summed E-state index contributed by atoms with van der Waals surface area (Å²) in [6.07, 6.45) is 0. The van der Waals surface area contributed by atoms with E-state index in [2.05, 4.69) is 14.9 Å².